The number of nitrogens with two attached hydrogens (primary N) is 1. The molecule has 2 rings (SSSR count). The second kappa shape index (κ2) is 4.85. The first kappa shape index (κ1) is 11.4. The fourth-order valence-corrected chi connectivity index (χ4v) is 2.05. The van der Waals surface area contributed by atoms with Crippen molar-refractivity contribution >= 4 is 17.4 Å². The minimum absolute atomic E-state index is 0.292. The highest BCUT2D eigenvalue weighted by Gasteiger charge is 2.08. The zero-order chi connectivity index (χ0) is 12.3. The van der Waals surface area contributed by atoms with Crippen LogP contribution in [0.3, 0.4) is 0 Å². The molecule has 1 aromatic heterocycles. The molecule has 1 heterocycles. The summed E-state index contributed by atoms with van der Waals surface area (Å²) in [6.07, 6.45) is 1.60. The number of hydrogen-bond acceptors (Lipinski definition) is 4. The smallest absolute Gasteiger partial charge is 0.138 e. The molecule has 5 heteroatoms. The Hall–Kier alpha value is -2.06. The van der Waals surface area contributed by atoms with Crippen LogP contribution in [0.4, 0.5) is 10.1 Å². The van der Waals surface area contributed by atoms with E-state index in [2.05, 4.69) is 4.98 Å². The maximum Gasteiger partial charge on any atom is 0.138 e. The van der Waals surface area contributed by atoms with Crippen LogP contribution in [0.2, 0.25) is 0 Å². The van der Waals surface area contributed by atoms with Gasteiger partial charge in [-0.2, -0.15) is 5.26 Å². The van der Waals surface area contributed by atoms with E-state index in [4.69, 9.17) is 11.0 Å². The number of aromatic nitrogens is 1. The van der Waals surface area contributed by atoms with Crippen molar-refractivity contribution in [3.8, 4) is 6.07 Å². The highest BCUT2D eigenvalue weighted by molar-refractivity contribution is 7.99. The second-order valence-corrected chi connectivity index (χ2v) is 4.29. The van der Waals surface area contributed by atoms with Crippen molar-refractivity contribution in [2.45, 2.75) is 9.92 Å². The van der Waals surface area contributed by atoms with Gasteiger partial charge in [0.25, 0.3) is 0 Å². The molecule has 0 saturated heterocycles. The first-order chi connectivity index (χ1) is 8.20. The Morgan fingerprint density at radius 3 is 2.82 bits per heavy atom. The van der Waals surface area contributed by atoms with Crippen molar-refractivity contribution in [3.05, 3.63) is 47.9 Å². The normalized spacial score (nSPS) is 9.88. The molecule has 84 valence electrons. The molecule has 1 aromatic carbocycles. The molecule has 0 spiro atoms. The third-order valence-corrected chi connectivity index (χ3v) is 3.15. The molecular weight excluding hydrogens is 237 g/mol. The Bertz CT molecular complexity index is 593. The van der Waals surface area contributed by atoms with Crippen molar-refractivity contribution in [1.82, 2.24) is 4.98 Å². The van der Waals surface area contributed by atoms with Gasteiger partial charge in [-0.25, -0.2) is 9.37 Å². The molecule has 0 aliphatic heterocycles. The molecule has 0 amide bonds. The number of nitrogens with zero attached hydrogens (tertiary/aromatic N) is 2. The van der Waals surface area contributed by atoms with Gasteiger partial charge in [-0.3, -0.25) is 0 Å². The van der Waals surface area contributed by atoms with Gasteiger partial charge in [0.1, 0.15) is 10.8 Å². The lowest BCUT2D eigenvalue weighted by molar-refractivity contribution is 0.601. The summed E-state index contributed by atoms with van der Waals surface area (Å²) in [5.41, 5.74) is 6.51. The largest absolute Gasteiger partial charge is 0.397 e. The minimum Gasteiger partial charge on any atom is -0.397 e. The zero-order valence-corrected chi connectivity index (χ0v) is 9.54. The fraction of sp³-hybridized carbons (Fsp3) is 0. The SMILES string of the molecule is N#Cc1ccc(Sc2ncccc2N)c(F)c1. The number of hydrogen-bond donors (Lipinski definition) is 1. The average Bonchev–Trinajstić information content (AvgIpc) is 2.34. The molecule has 0 fully saturated rings. The van der Waals surface area contributed by atoms with E-state index in [1.165, 1.54) is 6.07 Å². The van der Waals surface area contributed by atoms with E-state index in [0.29, 0.717) is 21.2 Å². The van der Waals surface area contributed by atoms with Crippen LogP contribution < -0.4 is 5.73 Å². The molecule has 0 saturated carbocycles. The van der Waals surface area contributed by atoms with Crippen LogP contribution in [0.5, 0.6) is 0 Å². The highest BCUT2D eigenvalue weighted by atomic mass is 32.2. The predicted molar refractivity (Wildman–Crippen MR) is 63.9 cm³/mol. The number of anilines is 1. The van der Waals surface area contributed by atoms with Crippen LogP contribution in [0.25, 0.3) is 0 Å². The summed E-state index contributed by atoms with van der Waals surface area (Å²) in [7, 11) is 0. The molecule has 0 aliphatic carbocycles. The number of benzene rings is 1. The summed E-state index contributed by atoms with van der Waals surface area (Å²) < 4.78 is 13.6. The molecule has 0 atom stereocenters. The molecule has 0 bridgehead atoms. The summed E-state index contributed by atoms with van der Waals surface area (Å²) in [4.78, 5) is 4.46. The van der Waals surface area contributed by atoms with Crippen molar-refractivity contribution in [2.75, 3.05) is 5.73 Å². The predicted octanol–water partition coefficient (Wildman–Crippen LogP) is 2.83. The molecule has 17 heavy (non-hydrogen) atoms. The quantitative estimate of drug-likeness (QED) is 0.883. The Balaban J connectivity index is 2.32. The van der Waals surface area contributed by atoms with Crippen LogP contribution in [-0.2, 0) is 0 Å². The van der Waals surface area contributed by atoms with Gasteiger partial charge in [-0.15, -0.1) is 0 Å². The Kier molecular flexibility index (Phi) is 3.26. The van der Waals surface area contributed by atoms with Gasteiger partial charge in [0.2, 0.25) is 0 Å². The first-order valence-corrected chi connectivity index (χ1v) is 5.60. The number of nitrogen functional groups attached to an aromatic ring is 1. The summed E-state index contributed by atoms with van der Waals surface area (Å²) in [5, 5.41) is 9.18. The van der Waals surface area contributed by atoms with E-state index in [0.717, 1.165) is 11.8 Å². The molecule has 2 N–H and O–H groups in total. The lowest BCUT2D eigenvalue weighted by Crippen LogP contribution is -1.91. The maximum absolute atomic E-state index is 13.6. The number of rotatable bonds is 2. The van der Waals surface area contributed by atoms with Gasteiger partial charge < -0.3 is 5.73 Å². The highest BCUT2D eigenvalue weighted by Crippen LogP contribution is 2.31. The van der Waals surface area contributed by atoms with E-state index in [1.807, 2.05) is 6.07 Å². The topological polar surface area (TPSA) is 62.7 Å². The molecule has 0 unspecified atom stereocenters. The van der Waals surface area contributed by atoms with Gasteiger partial charge in [0.05, 0.1) is 17.3 Å². The van der Waals surface area contributed by atoms with Gasteiger partial charge in [0, 0.05) is 11.1 Å². The van der Waals surface area contributed by atoms with Crippen LogP contribution >= 0.6 is 11.8 Å². The van der Waals surface area contributed by atoms with E-state index in [1.54, 1.807) is 30.5 Å². The maximum atomic E-state index is 13.6. The molecule has 0 aliphatic rings. The third kappa shape index (κ3) is 2.55. The number of pyridine rings is 1. The van der Waals surface area contributed by atoms with Gasteiger partial charge in [0.15, 0.2) is 0 Å². The van der Waals surface area contributed by atoms with Crippen LogP contribution in [0, 0.1) is 17.1 Å². The van der Waals surface area contributed by atoms with Crippen molar-refractivity contribution in [2.24, 2.45) is 0 Å². The summed E-state index contributed by atoms with van der Waals surface area (Å²) in [5.74, 6) is -0.445. The van der Waals surface area contributed by atoms with Gasteiger partial charge >= 0.3 is 0 Å². The molecule has 3 nitrogen and oxygen atoms in total. The second-order valence-electron chi connectivity index (χ2n) is 3.26. The summed E-state index contributed by atoms with van der Waals surface area (Å²) in [6, 6.07) is 9.61. The first-order valence-electron chi connectivity index (χ1n) is 4.78. The Morgan fingerprint density at radius 2 is 2.18 bits per heavy atom. The molecular formula is C12H8FN3S. The van der Waals surface area contributed by atoms with E-state index < -0.39 is 5.82 Å². The Morgan fingerprint density at radius 1 is 1.35 bits per heavy atom. The number of halogens is 1. The van der Waals surface area contributed by atoms with Gasteiger partial charge in [-0.05, 0) is 30.3 Å². The van der Waals surface area contributed by atoms with E-state index in [9.17, 15) is 4.39 Å². The zero-order valence-electron chi connectivity index (χ0n) is 8.72. The van der Waals surface area contributed by atoms with Crippen LogP contribution in [0.1, 0.15) is 5.56 Å². The Labute approximate surface area is 102 Å². The minimum atomic E-state index is -0.445. The fourth-order valence-electron chi connectivity index (χ4n) is 1.25. The van der Waals surface area contributed by atoms with Crippen molar-refractivity contribution < 1.29 is 4.39 Å². The number of nitriles is 1. The van der Waals surface area contributed by atoms with E-state index in [-0.39, 0.29) is 0 Å². The third-order valence-electron chi connectivity index (χ3n) is 2.07. The average molecular weight is 245 g/mol. The van der Waals surface area contributed by atoms with E-state index >= 15 is 0 Å². The lowest BCUT2D eigenvalue weighted by Gasteiger charge is -2.04. The monoisotopic (exact) mass is 245 g/mol. The standard InChI is InChI=1S/C12H8FN3S/c13-9-6-8(7-14)3-4-11(9)17-12-10(15)2-1-5-16-12/h1-6H,15H2. The van der Waals surface area contributed by atoms with Crippen LogP contribution in [-0.4, -0.2) is 4.98 Å². The van der Waals surface area contributed by atoms with Gasteiger partial charge in [-0.1, -0.05) is 11.8 Å². The molecule has 0 radical (unpaired) electrons. The lowest BCUT2D eigenvalue weighted by atomic mass is 10.2. The van der Waals surface area contributed by atoms with Crippen molar-refractivity contribution in [3.63, 3.8) is 0 Å². The van der Waals surface area contributed by atoms with Crippen LogP contribution in [0.15, 0.2) is 46.5 Å². The summed E-state index contributed by atoms with van der Waals surface area (Å²) >= 11 is 1.14. The molecule has 2 aromatic rings. The summed E-state index contributed by atoms with van der Waals surface area (Å²) in [6.45, 7) is 0. The van der Waals surface area contributed by atoms with Crippen molar-refractivity contribution in [1.29, 1.82) is 5.26 Å².